The number of fused-ring (bicyclic) bond motifs is 2. The molecule has 0 saturated carbocycles. The molecule has 0 bridgehead atoms. The lowest BCUT2D eigenvalue weighted by Gasteiger charge is -2.36. The molecule has 3 heterocycles. The average molecular weight is 665 g/mol. The Labute approximate surface area is 265 Å². The van der Waals surface area contributed by atoms with Crippen LogP contribution in [-0.4, -0.2) is 80.5 Å². The molecule has 2 unspecified atom stereocenters. The number of likely N-dealkylation sites (tertiary alicyclic amines) is 1. The lowest BCUT2D eigenvalue weighted by molar-refractivity contribution is -0.140. The molecule has 9 nitrogen and oxygen atoms in total. The molecule has 1 aromatic heterocycles. The van der Waals surface area contributed by atoms with E-state index in [4.69, 9.17) is 9.47 Å². The van der Waals surface area contributed by atoms with Crippen LogP contribution in [0.3, 0.4) is 0 Å². The van der Waals surface area contributed by atoms with Gasteiger partial charge in [0.25, 0.3) is 0 Å². The van der Waals surface area contributed by atoms with E-state index in [1.165, 1.54) is 11.0 Å². The maximum absolute atomic E-state index is 15.3. The van der Waals surface area contributed by atoms with Crippen LogP contribution in [0.15, 0.2) is 41.3 Å². The van der Waals surface area contributed by atoms with Crippen LogP contribution in [0.4, 0.5) is 33.7 Å². The summed E-state index contributed by atoms with van der Waals surface area (Å²) in [5.74, 6) is 6.11. The van der Waals surface area contributed by atoms with E-state index in [1.54, 1.807) is 51.1 Å². The predicted molar refractivity (Wildman–Crippen MR) is 167 cm³/mol. The fourth-order valence-electron chi connectivity index (χ4n) is 5.65. The van der Waals surface area contributed by atoms with Crippen LogP contribution in [-0.2, 0) is 27.5 Å². The number of aromatic nitrogens is 1. The summed E-state index contributed by atoms with van der Waals surface area (Å²) in [7, 11) is -3.44. The molecule has 248 valence electrons. The van der Waals surface area contributed by atoms with Crippen molar-refractivity contribution in [1.29, 1.82) is 0 Å². The van der Waals surface area contributed by atoms with Gasteiger partial charge in [-0.15, -0.1) is 0 Å². The molecule has 1 fully saturated rings. The van der Waals surface area contributed by atoms with Gasteiger partial charge in [-0.1, -0.05) is 12.0 Å². The van der Waals surface area contributed by atoms with Crippen LogP contribution < -0.4 is 15.4 Å². The second-order valence-corrected chi connectivity index (χ2v) is 14.4. The van der Waals surface area contributed by atoms with Gasteiger partial charge in [0.05, 0.1) is 47.5 Å². The highest BCUT2D eigenvalue weighted by Gasteiger charge is 2.34. The zero-order valence-corrected chi connectivity index (χ0v) is 26.7. The van der Waals surface area contributed by atoms with E-state index in [2.05, 4.69) is 22.5 Å². The fourth-order valence-corrected chi connectivity index (χ4v) is 6.61. The molecule has 1 saturated heterocycles. The number of halogens is 4. The first-order valence-corrected chi connectivity index (χ1v) is 16.7. The summed E-state index contributed by atoms with van der Waals surface area (Å²) in [6.07, 6.45) is -4.71. The molecule has 0 radical (unpaired) electrons. The number of carbonyl (C=O) groups is 1. The number of nitrogens with zero attached hydrogens (tertiary/aromatic N) is 2. The van der Waals surface area contributed by atoms with E-state index in [1.807, 2.05) is 0 Å². The Morgan fingerprint density at radius 3 is 2.59 bits per heavy atom. The van der Waals surface area contributed by atoms with Gasteiger partial charge in [-0.25, -0.2) is 17.6 Å². The Kier molecular flexibility index (Phi) is 9.10. The second kappa shape index (κ2) is 12.6. The van der Waals surface area contributed by atoms with Crippen molar-refractivity contribution < 1.29 is 40.2 Å². The van der Waals surface area contributed by atoms with Crippen molar-refractivity contribution in [3.05, 3.63) is 47.7 Å². The van der Waals surface area contributed by atoms with E-state index in [-0.39, 0.29) is 42.2 Å². The molecule has 46 heavy (non-hydrogen) atoms. The highest BCUT2D eigenvalue weighted by molar-refractivity contribution is 7.90. The van der Waals surface area contributed by atoms with Gasteiger partial charge in [0.2, 0.25) is 0 Å². The molecule has 14 heteroatoms. The number of piperidine rings is 1. The van der Waals surface area contributed by atoms with E-state index in [0.717, 1.165) is 10.8 Å². The predicted octanol–water partition coefficient (Wildman–Crippen LogP) is 5.77. The van der Waals surface area contributed by atoms with Gasteiger partial charge in [0.1, 0.15) is 24.1 Å². The molecule has 3 aromatic rings. The normalized spacial score (nSPS) is 18.4. The smallest absolute Gasteiger partial charge is 0.410 e. The number of sulfone groups is 1. The number of amides is 1. The summed E-state index contributed by atoms with van der Waals surface area (Å²) in [5, 5.41) is 6.67. The van der Waals surface area contributed by atoms with Gasteiger partial charge in [0, 0.05) is 35.9 Å². The van der Waals surface area contributed by atoms with Crippen molar-refractivity contribution in [3.63, 3.8) is 0 Å². The molecule has 2 atom stereocenters. The lowest BCUT2D eigenvalue weighted by Crippen LogP contribution is -2.51. The van der Waals surface area contributed by atoms with E-state index >= 15 is 4.39 Å². The highest BCUT2D eigenvalue weighted by atomic mass is 32.2. The van der Waals surface area contributed by atoms with Crippen molar-refractivity contribution in [3.8, 4) is 17.6 Å². The monoisotopic (exact) mass is 664 g/mol. The number of nitrogens with one attached hydrogen (secondary N) is 2. The molecule has 2 N–H and O–H groups in total. The van der Waals surface area contributed by atoms with Crippen molar-refractivity contribution in [2.45, 2.75) is 69.0 Å². The summed E-state index contributed by atoms with van der Waals surface area (Å²) in [5.41, 5.74) is 1.26. The van der Waals surface area contributed by atoms with Gasteiger partial charge in [-0.2, -0.15) is 13.2 Å². The number of hydrogen-bond acceptors (Lipinski definition) is 7. The minimum absolute atomic E-state index is 0.0480. The van der Waals surface area contributed by atoms with Crippen LogP contribution in [0.5, 0.6) is 5.75 Å². The van der Waals surface area contributed by atoms with Crippen LogP contribution in [0.2, 0.25) is 0 Å². The lowest BCUT2D eigenvalue weighted by atomic mass is 10.0. The third kappa shape index (κ3) is 7.63. The number of hydrogen-bond donors (Lipinski definition) is 2. The summed E-state index contributed by atoms with van der Waals surface area (Å²) < 4.78 is 92.6. The van der Waals surface area contributed by atoms with Crippen LogP contribution in [0.25, 0.3) is 10.9 Å². The molecule has 2 aliphatic heterocycles. The van der Waals surface area contributed by atoms with Gasteiger partial charge < -0.3 is 29.6 Å². The minimum Gasteiger partial charge on any atom is -0.491 e. The molecule has 1 amide bonds. The number of rotatable bonds is 6. The number of benzene rings is 2. The van der Waals surface area contributed by atoms with E-state index < -0.39 is 46.5 Å². The van der Waals surface area contributed by atoms with Crippen molar-refractivity contribution in [2.75, 3.05) is 43.1 Å². The van der Waals surface area contributed by atoms with E-state index in [0.29, 0.717) is 41.1 Å². The summed E-state index contributed by atoms with van der Waals surface area (Å²) in [6, 6.07) is 8.77. The van der Waals surface area contributed by atoms with Crippen LogP contribution in [0.1, 0.15) is 38.4 Å². The van der Waals surface area contributed by atoms with Crippen molar-refractivity contribution in [2.24, 2.45) is 0 Å². The van der Waals surface area contributed by atoms with E-state index in [9.17, 15) is 26.4 Å². The third-order valence-electron chi connectivity index (χ3n) is 7.62. The number of ether oxygens (including phenoxy) is 2. The number of carbonyl (C=O) groups excluding carboxylic acids is 1. The maximum Gasteiger partial charge on any atom is 0.410 e. The van der Waals surface area contributed by atoms with Gasteiger partial charge in [-0.05, 0) is 63.4 Å². The average Bonchev–Trinajstić information content (AvgIpc) is 3.56. The summed E-state index contributed by atoms with van der Waals surface area (Å²) >= 11 is 0. The zero-order chi connectivity index (χ0) is 33.4. The Morgan fingerprint density at radius 2 is 1.91 bits per heavy atom. The standard InChI is InChI=1S/C32H36F4N4O5S/c1-31(2,3)45-30(41)39-15-12-25(23(33)18-39)38-24-8-5-9-27-22(24)17-20(40(27)19-32(34,35)36)7-6-14-37-26-10-11-28(46(4,42)43)21-13-16-44-29(21)26/h5,8-11,17,23,25,37-38H,12-16,18-19H2,1-4H3. The van der Waals surface area contributed by atoms with Gasteiger partial charge in [-0.3, -0.25) is 0 Å². The topological polar surface area (TPSA) is 102 Å². The molecule has 5 rings (SSSR count). The summed E-state index contributed by atoms with van der Waals surface area (Å²) in [4.78, 5) is 13.9. The number of anilines is 2. The van der Waals surface area contributed by atoms with Crippen LogP contribution >= 0.6 is 0 Å². The fraction of sp³-hybridized carbons (Fsp3) is 0.469. The SMILES string of the molecule is CC(C)(C)OC(=O)N1CCC(Nc2cccc3c2cc(C#CCNc2ccc(S(C)(=O)=O)c4c2OCC4)n3CC(F)(F)F)C(F)C1. The Bertz CT molecular complexity index is 1800. The molecule has 2 aromatic carbocycles. The van der Waals surface area contributed by atoms with Gasteiger partial charge >= 0.3 is 12.3 Å². The van der Waals surface area contributed by atoms with Crippen molar-refractivity contribution >= 4 is 38.2 Å². The highest BCUT2D eigenvalue weighted by Crippen LogP contribution is 2.38. The van der Waals surface area contributed by atoms with Crippen LogP contribution in [0, 0.1) is 11.8 Å². The minimum atomic E-state index is -4.53. The number of alkyl halides is 4. The quantitative estimate of drug-likeness (QED) is 0.255. The first-order chi connectivity index (χ1) is 21.5. The maximum atomic E-state index is 15.3. The Hall–Kier alpha value is -4.12. The van der Waals surface area contributed by atoms with Crippen molar-refractivity contribution in [1.82, 2.24) is 9.47 Å². The zero-order valence-electron chi connectivity index (χ0n) is 25.9. The first kappa shape index (κ1) is 33.2. The van der Waals surface area contributed by atoms with Gasteiger partial charge in [0.15, 0.2) is 9.84 Å². The molecule has 0 aliphatic carbocycles. The molecule has 0 spiro atoms. The largest absolute Gasteiger partial charge is 0.491 e. The Balaban J connectivity index is 1.36. The molecular formula is C32H36F4N4O5S. The first-order valence-electron chi connectivity index (χ1n) is 14.8. The summed E-state index contributed by atoms with van der Waals surface area (Å²) in [6.45, 7) is 4.39. The molecule has 2 aliphatic rings. The molecular weight excluding hydrogens is 628 g/mol. The Morgan fingerprint density at radius 1 is 1.15 bits per heavy atom. The third-order valence-corrected chi connectivity index (χ3v) is 8.80. The second-order valence-electron chi connectivity index (χ2n) is 12.4.